The minimum Gasteiger partial charge on any atom is -0.481 e. The molecule has 0 bridgehead atoms. The number of aliphatic carboxylic acids is 2. The van der Waals surface area contributed by atoms with Crippen LogP contribution in [0.2, 0.25) is 0 Å². The first kappa shape index (κ1) is 16.1. The van der Waals surface area contributed by atoms with Gasteiger partial charge in [-0.1, -0.05) is 18.2 Å². The first-order valence-electron chi connectivity index (χ1n) is 5.82. The molecule has 1 aromatic carbocycles. The fourth-order valence-electron chi connectivity index (χ4n) is 1.65. The number of hydrazine groups is 1. The molecule has 0 unspecified atom stereocenters. The smallest absolute Gasteiger partial charge is 0.333 e. The Balaban J connectivity index is 3.07. The van der Waals surface area contributed by atoms with E-state index in [2.05, 4.69) is 0 Å². The van der Waals surface area contributed by atoms with Crippen LogP contribution in [-0.2, 0) is 9.59 Å². The minimum atomic E-state index is -1.86. The molecule has 21 heavy (non-hydrogen) atoms. The zero-order valence-electron chi connectivity index (χ0n) is 10.7. The molecule has 9 nitrogen and oxygen atoms in total. The quantitative estimate of drug-likeness (QED) is 0.556. The first-order chi connectivity index (χ1) is 9.84. The van der Waals surface area contributed by atoms with Gasteiger partial charge in [-0.25, -0.2) is 14.9 Å². The minimum absolute atomic E-state index is 0.0550. The summed E-state index contributed by atoms with van der Waals surface area (Å²) >= 11 is 0. The van der Waals surface area contributed by atoms with Crippen molar-refractivity contribution in [2.75, 3.05) is 0 Å². The number of carboxylic acids is 2. The van der Waals surface area contributed by atoms with E-state index in [4.69, 9.17) is 10.2 Å². The van der Waals surface area contributed by atoms with Gasteiger partial charge in [-0.05, 0) is 23.6 Å². The van der Waals surface area contributed by atoms with Crippen LogP contribution >= 0.6 is 0 Å². The number of nitrogens with zero attached hydrogens (tertiary/aromatic N) is 2. The zero-order chi connectivity index (χ0) is 16.0. The molecule has 1 amide bonds. The number of amides is 1. The Morgan fingerprint density at radius 3 is 2.19 bits per heavy atom. The highest BCUT2D eigenvalue weighted by Crippen LogP contribution is 2.13. The van der Waals surface area contributed by atoms with Gasteiger partial charge >= 0.3 is 17.8 Å². The Hall–Kier alpha value is -2.97. The van der Waals surface area contributed by atoms with Crippen LogP contribution in [0.15, 0.2) is 30.3 Å². The standard InChI is InChI=1S/C12H12N2O7/c15-10(16)7-6-9(12(18)19)13(14(20)21)11(17)8-4-2-1-3-5-8/h1-5,9H,6-7H2,(H,15,16)(H,18,19)/t9-/m0/s1. The molecule has 1 aromatic rings. The van der Waals surface area contributed by atoms with E-state index in [-0.39, 0.29) is 10.6 Å². The molecular weight excluding hydrogens is 284 g/mol. The molecule has 0 aliphatic rings. The molecule has 2 N–H and O–H groups in total. The Bertz CT molecular complexity index is 558. The molecule has 1 atom stereocenters. The van der Waals surface area contributed by atoms with E-state index >= 15 is 0 Å². The van der Waals surface area contributed by atoms with Crippen molar-refractivity contribution >= 4 is 17.8 Å². The third kappa shape index (κ3) is 4.27. The first-order valence-corrected chi connectivity index (χ1v) is 5.82. The monoisotopic (exact) mass is 296 g/mol. The van der Waals surface area contributed by atoms with E-state index in [0.29, 0.717) is 0 Å². The number of hydrogen-bond acceptors (Lipinski definition) is 5. The normalized spacial score (nSPS) is 11.4. The summed E-state index contributed by atoms with van der Waals surface area (Å²) in [5.74, 6) is -4.06. The van der Waals surface area contributed by atoms with Crippen molar-refractivity contribution in [2.45, 2.75) is 18.9 Å². The third-order valence-electron chi connectivity index (χ3n) is 2.62. The van der Waals surface area contributed by atoms with Crippen LogP contribution in [0.25, 0.3) is 0 Å². The van der Waals surface area contributed by atoms with E-state index in [9.17, 15) is 24.5 Å². The molecule has 9 heteroatoms. The van der Waals surface area contributed by atoms with Gasteiger partial charge < -0.3 is 10.2 Å². The number of hydrogen-bond donors (Lipinski definition) is 2. The molecule has 112 valence electrons. The van der Waals surface area contributed by atoms with Crippen LogP contribution in [0.3, 0.4) is 0 Å². The highest BCUT2D eigenvalue weighted by atomic mass is 16.7. The van der Waals surface area contributed by atoms with Crippen molar-refractivity contribution < 1.29 is 29.6 Å². The molecule has 0 radical (unpaired) electrons. The lowest BCUT2D eigenvalue weighted by Gasteiger charge is -2.19. The molecule has 0 spiro atoms. The van der Waals surface area contributed by atoms with E-state index in [1.165, 1.54) is 24.3 Å². The summed E-state index contributed by atoms with van der Waals surface area (Å²) in [6.07, 6.45) is -1.17. The molecule has 0 fully saturated rings. The van der Waals surface area contributed by atoms with Crippen LogP contribution in [0.5, 0.6) is 0 Å². The summed E-state index contributed by atoms with van der Waals surface area (Å²) in [5, 5.41) is 27.4. The number of rotatable bonds is 7. The maximum Gasteiger partial charge on any atom is 0.333 e. The average molecular weight is 296 g/mol. The van der Waals surface area contributed by atoms with Crippen LogP contribution in [0.4, 0.5) is 0 Å². The van der Waals surface area contributed by atoms with Crippen LogP contribution in [0.1, 0.15) is 23.2 Å². The van der Waals surface area contributed by atoms with Gasteiger partial charge in [0.05, 0.1) is 0 Å². The van der Waals surface area contributed by atoms with E-state index in [1.807, 2.05) is 0 Å². The molecule has 0 saturated carbocycles. The van der Waals surface area contributed by atoms with Crippen LogP contribution in [-0.4, -0.2) is 44.1 Å². The maximum atomic E-state index is 12.1. The number of carboxylic acid groups (broad SMARTS) is 2. The zero-order valence-corrected chi connectivity index (χ0v) is 10.7. The summed E-state index contributed by atoms with van der Waals surface area (Å²) in [5.41, 5.74) is -0.0595. The summed E-state index contributed by atoms with van der Waals surface area (Å²) in [6.45, 7) is 0. The van der Waals surface area contributed by atoms with Crippen LogP contribution in [0, 0.1) is 10.1 Å². The number of nitro groups is 1. The van der Waals surface area contributed by atoms with Gasteiger partial charge in [-0.3, -0.25) is 9.59 Å². The Morgan fingerprint density at radius 1 is 1.19 bits per heavy atom. The SMILES string of the molecule is O=C(O)CC[C@@H](C(=O)O)N(C(=O)c1ccccc1)[N+](=O)[O-]. The Labute approximate surface area is 118 Å². The molecule has 0 saturated heterocycles. The average Bonchev–Trinajstić information content (AvgIpc) is 2.42. The molecular formula is C12H12N2O7. The van der Waals surface area contributed by atoms with Gasteiger partial charge in [0.15, 0.2) is 11.1 Å². The molecule has 0 aromatic heterocycles. The van der Waals surface area contributed by atoms with Crippen molar-refractivity contribution in [3.05, 3.63) is 46.0 Å². The van der Waals surface area contributed by atoms with E-state index < -0.39 is 41.8 Å². The largest absolute Gasteiger partial charge is 0.481 e. The van der Waals surface area contributed by atoms with Gasteiger partial charge in [-0.2, -0.15) is 0 Å². The predicted octanol–water partition coefficient (Wildman–Crippen LogP) is 0.638. The third-order valence-corrected chi connectivity index (χ3v) is 2.62. The maximum absolute atomic E-state index is 12.1. The molecule has 0 heterocycles. The van der Waals surface area contributed by atoms with Crippen molar-refractivity contribution in [3.8, 4) is 0 Å². The Morgan fingerprint density at radius 2 is 1.76 bits per heavy atom. The Kier molecular flexibility index (Phi) is 5.35. The van der Waals surface area contributed by atoms with Crippen molar-refractivity contribution in [1.82, 2.24) is 5.01 Å². The van der Waals surface area contributed by atoms with Gasteiger partial charge in [0.25, 0.3) is 0 Å². The predicted molar refractivity (Wildman–Crippen MR) is 67.9 cm³/mol. The lowest BCUT2D eigenvalue weighted by molar-refractivity contribution is -0.638. The molecule has 1 rings (SSSR count). The lowest BCUT2D eigenvalue weighted by Crippen LogP contribution is -2.48. The lowest BCUT2D eigenvalue weighted by atomic mass is 10.1. The number of benzene rings is 1. The van der Waals surface area contributed by atoms with Crippen molar-refractivity contribution in [1.29, 1.82) is 0 Å². The highest BCUT2D eigenvalue weighted by molar-refractivity contribution is 5.95. The second-order valence-corrected chi connectivity index (χ2v) is 4.04. The van der Waals surface area contributed by atoms with Gasteiger partial charge in [0.1, 0.15) is 0 Å². The second-order valence-electron chi connectivity index (χ2n) is 4.04. The fraction of sp³-hybridized carbons (Fsp3) is 0.250. The number of carbonyl (C=O) groups is 3. The summed E-state index contributed by atoms with van der Waals surface area (Å²) < 4.78 is 0. The van der Waals surface area contributed by atoms with Gasteiger partial charge in [0, 0.05) is 12.0 Å². The molecule has 0 aliphatic heterocycles. The van der Waals surface area contributed by atoms with Gasteiger partial charge in [-0.15, -0.1) is 0 Å². The number of carbonyl (C=O) groups excluding carboxylic acids is 1. The summed E-state index contributed by atoms with van der Waals surface area (Å²) in [4.78, 5) is 44.6. The summed E-state index contributed by atoms with van der Waals surface area (Å²) in [7, 11) is 0. The molecule has 0 aliphatic carbocycles. The fourth-order valence-corrected chi connectivity index (χ4v) is 1.65. The van der Waals surface area contributed by atoms with E-state index in [1.54, 1.807) is 6.07 Å². The van der Waals surface area contributed by atoms with Crippen LogP contribution < -0.4 is 0 Å². The highest BCUT2D eigenvalue weighted by Gasteiger charge is 2.39. The van der Waals surface area contributed by atoms with E-state index in [0.717, 1.165) is 0 Å². The van der Waals surface area contributed by atoms with Crippen molar-refractivity contribution in [3.63, 3.8) is 0 Å². The van der Waals surface area contributed by atoms with Gasteiger partial charge in [0.2, 0.25) is 0 Å². The van der Waals surface area contributed by atoms with Crippen molar-refractivity contribution in [2.24, 2.45) is 0 Å². The second kappa shape index (κ2) is 6.98. The summed E-state index contributed by atoms with van der Waals surface area (Å²) in [6, 6.07) is 5.27. The topological polar surface area (TPSA) is 138 Å².